The Balaban J connectivity index is 1.83. The molecule has 0 aliphatic carbocycles. The van der Waals surface area contributed by atoms with E-state index in [1.165, 1.54) is 0 Å². The van der Waals surface area contributed by atoms with Crippen LogP contribution >= 0.6 is 0 Å². The number of aliphatic hydroxyl groups is 1. The zero-order valence-corrected chi connectivity index (χ0v) is 12.1. The minimum absolute atomic E-state index is 0.415. The number of ether oxygens (including phenoxy) is 1. The lowest BCUT2D eigenvalue weighted by Crippen LogP contribution is -2.36. The van der Waals surface area contributed by atoms with Gasteiger partial charge in [-0.1, -0.05) is 18.2 Å². The third-order valence-electron chi connectivity index (χ3n) is 3.73. The predicted octanol–water partition coefficient (Wildman–Crippen LogP) is 2.31. The average molecular weight is 296 g/mol. The molecule has 0 fully saturated rings. The Labute approximate surface area is 128 Å². The van der Waals surface area contributed by atoms with Crippen molar-refractivity contribution in [1.29, 1.82) is 0 Å². The second kappa shape index (κ2) is 6.07. The molecule has 2 atom stereocenters. The Bertz CT molecular complexity index is 713. The maximum Gasteiger partial charge on any atom is 0.323 e. The lowest BCUT2D eigenvalue weighted by molar-refractivity contribution is -0.141. The van der Waals surface area contributed by atoms with Gasteiger partial charge in [0.15, 0.2) is 0 Å². The first-order chi connectivity index (χ1) is 10.7. The SMILES string of the molecule is CC(=NCc1ccncc1)C1C(=O)Oc2ccccc2C1O. The van der Waals surface area contributed by atoms with Gasteiger partial charge in [-0.05, 0) is 30.7 Å². The van der Waals surface area contributed by atoms with E-state index >= 15 is 0 Å². The van der Waals surface area contributed by atoms with Crippen LogP contribution in [0, 0.1) is 5.92 Å². The van der Waals surface area contributed by atoms with Crippen molar-refractivity contribution >= 4 is 11.7 Å². The van der Waals surface area contributed by atoms with E-state index in [1.807, 2.05) is 18.2 Å². The van der Waals surface area contributed by atoms with Gasteiger partial charge in [-0.25, -0.2) is 0 Å². The molecule has 0 amide bonds. The van der Waals surface area contributed by atoms with Crippen LogP contribution in [0.3, 0.4) is 0 Å². The van der Waals surface area contributed by atoms with E-state index in [9.17, 15) is 9.90 Å². The van der Waals surface area contributed by atoms with Crippen molar-refractivity contribution in [2.24, 2.45) is 10.9 Å². The molecule has 1 aliphatic heterocycles. The number of fused-ring (bicyclic) bond motifs is 1. The molecule has 1 aliphatic rings. The van der Waals surface area contributed by atoms with Crippen molar-refractivity contribution in [2.45, 2.75) is 19.6 Å². The largest absolute Gasteiger partial charge is 0.426 e. The van der Waals surface area contributed by atoms with Crippen LogP contribution in [-0.2, 0) is 11.3 Å². The lowest BCUT2D eigenvalue weighted by atomic mass is 9.89. The predicted molar refractivity (Wildman–Crippen MR) is 81.6 cm³/mol. The highest BCUT2D eigenvalue weighted by Gasteiger charge is 2.38. The van der Waals surface area contributed by atoms with Crippen LogP contribution in [0.4, 0.5) is 0 Å². The van der Waals surface area contributed by atoms with Crippen LogP contribution < -0.4 is 4.74 Å². The lowest BCUT2D eigenvalue weighted by Gasteiger charge is -2.28. The number of carbonyl (C=O) groups excluding carboxylic acids is 1. The number of aromatic nitrogens is 1. The smallest absolute Gasteiger partial charge is 0.323 e. The van der Waals surface area contributed by atoms with E-state index in [4.69, 9.17) is 4.74 Å². The summed E-state index contributed by atoms with van der Waals surface area (Å²) in [4.78, 5) is 20.5. The standard InChI is InChI=1S/C17H16N2O3/c1-11(19-10-12-6-8-18-9-7-12)15-16(20)13-4-2-3-5-14(13)22-17(15)21/h2-9,15-16,20H,10H2,1H3. The summed E-state index contributed by atoms with van der Waals surface area (Å²) in [5.74, 6) is -0.822. The fourth-order valence-electron chi connectivity index (χ4n) is 2.50. The summed E-state index contributed by atoms with van der Waals surface area (Å²) >= 11 is 0. The summed E-state index contributed by atoms with van der Waals surface area (Å²) in [6.45, 7) is 2.18. The summed E-state index contributed by atoms with van der Waals surface area (Å²) in [6, 6.07) is 10.7. The second-order valence-corrected chi connectivity index (χ2v) is 5.19. The first kappa shape index (κ1) is 14.4. The van der Waals surface area contributed by atoms with Crippen molar-refractivity contribution in [2.75, 3.05) is 0 Å². The normalized spacial score (nSPS) is 21.2. The van der Waals surface area contributed by atoms with Crippen molar-refractivity contribution in [3.05, 3.63) is 59.9 Å². The van der Waals surface area contributed by atoms with Crippen LogP contribution in [0.5, 0.6) is 5.75 Å². The molecule has 3 rings (SSSR count). The number of rotatable bonds is 3. The molecule has 1 N–H and O–H groups in total. The van der Waals surface area contributed by atoms with Gasteiger partial charge in [0, 0.05) is 23.7 Å². The molecule has 2 heterocycles. The number of hydrogen-bond acceptors (Lipinski definition) is 5. The number of aliphatic imine (C=N–C) groups is 1. The van der Waals surface area contributed by atoms with Crippen LogP contribution in [0.25, 0.3) is 0 Å². The fourth-order valence-corrected chi connectivity index (χ4v) is 2.50. The number of hydrogen-bond donors (Lipinski definition) is 1. The van der Waals surface area contributed by atoms with E-state index in [1.54, 1.807) is 37.5 Å². The Morgan fingerprint density at radius 3 is 2.77 bits per heavy atom. The maximum atomic E-state index is 12.1. The first-order valence-electron chi connectivity index (χ1n) is 7.05. The quantitative estimate of drug-likeness (QED) is 0.536. The molecule has 2 aromatic rings. The zero-order chi connectivity index (χ0) is 15.5. The summed E-state index contributed by atoms with van der Waals surface area (Å²) in [7, 11) is 0. The molecular formula is C17H16N2O3. The molecule has 1 aromatic heterocycles. The monoisotopic (exact) mass is 296 g/mol. The number of esters is 1. The molecule has 112 valence electrons. The Hall–Kier alpha value is -2.53. The van der Waals surface area contributed by atoms with Crippen molar-refractivity contribution < 1.29 is 14.6 Å². The summed E-state index contributed by atoms with van der Waals surface area (Å²) in [5, 5.41) is 10.5. The number of para-hydroxylation sites is 1. The van der Waals surface area contributed by atoms with Gasteiger partial charge in [0.05, 0.1) is 6.54 Å². The first-order valence-corrected chi connectivity index (χ1v) is 7.05. The molecule has 0 saturated heterocycles. The Morgan fingerprint density at radius 1 is 1.27 bits per heavy atom. The van der Waals surface area contributed by atoms with Crippen LogP contribution in [0.1, 0.15) is 24.2 Å². The summed E-state index contributed by atoms with van der Waals surface area (Å²) in [5.41, 5.74) is 2.17. The second-order valence-electron chi connectivity index (χ2n) is 5.19. The summed E-state index contributed by atoms with van der Waals surface area (Å²) < 4.78 is 5.30. The van der Waals surface area contributed by atoms with E-state index in [0.29, 0.717) is 23.6 Å². The highest BCUT2D eigenvalue weighted by atomic mass is 16.5. The van der Waals surface area contributed by atoms with E-state index < -0.39 is 18.0 Å². The maximum absolute atomic E-state index is 12.1. The molecule has 5 heteroatoms. The van der Waals surface area contributed by atoms with Gasteiger partial charge >= 0.3 is 5.97 Å². The van der Waals surface area contributed by atoms with E-state index in [2.05, 4.69) is 9.98 Å². The number of pyridine rings is 1. The number of aliphatic hydroxyl groups excluding tert-OH is 1. The molecule has 0 bridgehead atoms. The average Bonchev–Trinajstić information content (AvgIpc) is 2.54. The van der Waals surface area contributed by atoms with Crippen molar-refractivity contribution in [3.8, 4) is 5.75 Å². The highest BCUT2D eigenvalue weighted by Crippen LogP contribution is 2.36. The fraction of sp³-hybridized carbons (Fsp3) is 0.235. The van der Waals surface area contributed by atoms with Crippen LogP contribution in [0.15, 0.2) is 53.8 Å². The molecule has 0 spiro atoms. The molecule has 22 heavy (non-hydrogen) atoms. The Morgan fingerprint density at radius 2 is 2.00 bits per heavy atom. The van der Waals surface area contributed by atoms with Gasteiger partial charge in [0.25, 0.3) is 0 Å². The van der Waals surface area contributed by atoms with E-state index in [0.717, 1.165) is 5.56 Å². The topological polar surface area (TPSA) is 71.8 Å². The van der Waals surface area contributed by atoms with Gasteiger partial charge in [-0.15, -0.1) is 0 Å². The molecule has 1 aromatic carbocycles. The summed E-state index contributed by atoms with van der Waals surface area (Å²) in [6.07, 6.45) is 2.46. The minimum atomic E-state index is -0.932. The molecule has 0 radical (unpaired) electrons. The van der Waals surface area contributed by atoms with Crippen LogP contribution in [-0.4, -0.2) is 21.8 Å². The molecule has 0 saturated carbocycles. The third-order valence-corrected chi connectivity index (χ3v) is 3.73. The number of benzene rings is 1. The van der Waals surface area contributed by atoms with Gasteiger partial charge in [0.2, 0.25) is 0 Å². The van der Waals surface area contributed by atoms with Crippen molar-refractivity contribution in [3.63, 3.8) is 0 Å². The highest BCUT2D eigenvalue weighted by molar-refractivity contribution is 6.03. The van der Waals surface area contributed by atoms with Gasteiger partial charge in [-0.2, -0.15) is 0 Å². The molecule has 5 nitrogen and oxygen atoms in total. The number of nitrogens with zero attached hydrogens (tertiary/aromatic N) is 2. The van der Waals surface area contributed by atoms with Crippen molar-refractivity contribution in [1.82, 2.24) is 4.98 Å². The molecule has 2 unspecified atom stereocenters. The number of carbonyl (C=O) groups is 1. The van der Waals surface area contributed by atoms with Gasteiger partial charge < -0.3 is 9.84 Å². The zero-order valence-electron chi connectivity index (χ0n) is 12.1. The van der Waals surface area contributed by atoms with E-state index in [-0.39, 0.29) is 0 Å². The van der Waals surface area contributed by atoms with Gasteiger partial charge in [-0.3, -0.25) is 14.8 Å². The van der Waals surface area contributed by atoms with Gasteiger partial charge in [0.1, 0.15) is 17.8 Å². The third kappa shape index (κ3) is 2.76. The minimum Gasteiger partial charge on any atom is -0.426 e. The Kier molecular flexibility index (Phi) is 3.98. The molecular weight excluding hydrogens is 280 g/mol. The van der Waals surface area contributed by atoms with Crippen LogP contribution in [0.2, 0.25) is 0 Å².